The fourth-order valence-electron chi connectivity index (χ4n) is 3.10. The van der Waals surface area contributed by atoms with Gasteiger partial charge in [0.1, 0.15) is 10.7 Å². The molecule has 1 aliphatic rings. The molecule has 1 N–H and O–H groups in total. The number of nitrogens with one attached hydrogen (secondary N) is 1. The predicted octanol–water partition coefficient (Wildman–Crippen LogP) is 3.13. The number of rotatable bonds is 4. The minimum Gasteiger partial charge on any atom is -0.465 e. The van der Waals surface area contributed by atoms with Crippen LogP contribution in [-0.2, 0) is 24.1 Å². The van der Waals surface area contributed by atoms with Crippen molar-refractivity contribution >= 4 is 28.2 Å². The summed E-state index contributed by atoms with van der Waals surface area (Å²) < 4.78 is 6.57. The number of anilines is 1. The zero-order valence-corrected chi connectivity index (χ0v) is 14.9. The van der Waals surface area contributed by atoms with E-state index in [4.69, 9.17) is 4.74 Å². The van der Waals surface area contributed by atoms with Gasteiger partial charge in [0.2, 0.25) is 0 Å². The Balaban J connectivity index is 1.95. The monoisotopic (exact) mass is 347 g/mol. The van der Waals surface area contributed by atoms with Crippen LogP contribution in [0.2, 0.25) is 0 Å². The van der Waals surface area contributed by atoms with Crippen molar-refractivity contribution in [2.45, 2.75) is 39.7 Å². The molecule has 0 saturated heterocycles. The normalized spacial score (nSPS) is 16.5. The number of methoxy groups -OCH3 is 1. The third kappa shape index (κ3) is 2.96. The first-order chi connectivity index (χ1) is 11.5. The SMILES string of the molecule is CCn1nccc1C(=O)Nc1sc2c(c1C(=O)OC)CCC(C)C2. The third-order valence-electron chi connectivity index (χ3n) is 4.38. The number of hydrogen-bond donors (Lipinski definition) is 1. The van der Waals surface area contributed by atoms with Gasteiger partial charge in [0.15, 0.2) is 0 Å². The standard InChI is InChI=1S/C17H21N3O3S/c1-4-20-12(7-8-18-20)15(21)19-16-14(17(22)23-3)11-6-5-10(2)9-13(11)24-16/h7-8,10H,4-6,9H2,1-3H3,(H,19,21). The maximum absolute atomic E-state index is 12.6. The summed E-state index contributed by atoms with van der Waals surface area (Å²) in [6.45, 7) is 4.74. The van der Waals surface area contributed by atoms with E-state index in [0.717, 1.165) is 24.8 Å². The molecule has 0 radical (unpaired) electrons. The van der Waals surface area contributed by atoms with Crippen LogP contribution >= 0.6 is 11.3 Å². The Morgan fingerprint density at radius 1 is 1.50 bits per heavy atom. The largest absolute Gasteiger partial charge is 0.465 e. The first-order valence-electron chi connectivity index (χ1n) is 8.11. The molecule has 1 amide bonds. The second-order valence-electron chi connectivity index (χ2n) is 6.03. The summed E-state index contributed by atoms with van der Waals surface area (Å²) in [5, 5.41) is 7.59. The molecule has 0 spiro atoms. The topological polar surface area (TPSA) is 73.2 Å². The highest BCUT2D eigenvalue weighted by atomic mass is 32.1. The van der Waals surface area contributed by atoms with Crippen molar-refractivity contribution < 1.29 is 14.3 Å². The van der Waals surface area contributed by atoms with E-state index in [1.165, 1.54) is 23.3 Å². The maximum Gasteiger partial charge on any atom is 0.341 e. The smallest absolute Gasteiger partial charge is 0.341 e. The minimum absolute atomic E-state index is 0.258. The van der Waals surface area contributed by atoms with E-state index in [2.05, 4.69) is 17.3 Å². The Bertz CT molecular complexity index is 778. The first-order valence-corrected chi connectivity index (χ1v) is 8.92. The molecule has 1 atom stereocenters. The highest BCUT2D eigenvalue weighted by Gasteiger charge is 2.29. The summed E-state index contributed by atoms with van der Waals surface area (Å²) in [7, 11) is 1.37. The van der Waals surface area contributed by atoms with Crippen molar-refractivity contribution in [2.75, 3.05) is 12.4 Å². The third-order valence-corrected chi connectivity index (χ3v) is 5.55. The van der Waals surface area contributed by atoms with E-state index in [-0.39, 0.29) is 11.9 Å². The number of nitrogens with zero attached hydrogens (tertiary/aromatic N) is 2. The van der Waals surface area contributed by atoms with Crippen molar-refractivity contribution in [3.63, 3.8) is 0 Å². The number of hydrogen-bond acceptors (Lipinski definition) is 5. The van der Waals surface area contributed by atoms with E-state index >= 15 is 0 Å². The predicted molar refractivity (Wildman–Crippen MR) is 92.7 cm³/mol. The summed E-state index contributed by atoms with van der Waals surface area (Å²) in [5.41, 5.74) is 2.03. The van der Waals surface area contributed by atoms with Crippen LogP contribution in [0.1, 0.15) is 51.6 Å². The summed E-state index contributed by atoms with van der Waals surface area (Å²) in [6.07, 6.45) is 4.43. The Hall–Kier alpha value is -2.15. The molecular formula is C17H21N3O3S. The van der Waals surface area contributed by atoms with Crippen LogP contribution in [0.15, 0.2) is 12.3 Å². The maximum atomic E-state index is 12.6. The highest BCUT2D eigenvalue weighted by Crippen LogP contribution is 2.40. The molecule has 0 fully saturated rings. The zero-order valence-electron chi connectivity index (χ0n) is 14.1. The minimum atomic E-state index is -0.388. The number of aromatic nitrogens is 2. The van der Waals surface area contributed by atoms with Gasteiger partial charge in [-0.1, -0.05) is 6.92 Å². The Morgan fingerprint density at radius 2 is 2.29 bits per heavy atom. The van der Waals surface area contributed by atoms with Crippen LogP contribution in [0.4, 0.5) is 5.00 Å². The van der Waals surface area contributed by atoms with Crippen LogP contribution in [0.3, 0.4) is 0 Å². The molecule has 128 valence electrons. The molecule has 0 aliphatic heterocycles. The molecule has 3 rings (SSSR count). The molecule has 0 aromatic carbocycles. The Kier molecular flexibility index (Phi) is 4.71. The number of amides is 1. The average molecular weight is 347 g/mol. The van der Waals surface area contributed by atoms with Crippen LogP contribution < -0.4 is 5.32 Å². The van der Waals surface area contributed by atoms with Crippen LogP contribution in [-0.4, -0.2) is 28.8 Å². The number of aryl methyl sites for hydroxylation is 1. The summed E-state index contributed by atoms with van der Waals surface area (Å²) in [4.78, 5) is 26.0. The van der Waals surface area contributed by atoms with Gasteiger partial charge in [-0.2, -0.15) is 5.10 Å². The summed E-state index contributed by atoms with van der Waals surface area (Å²) in [6, 6.07) is 1.67. The molecule has 1 unspecified atom stereocenters. The van der Waals surface area contributed by atoms with Crippen LogP contribution in [0.25, 0.3) is 0 Å². The molecule has 24 heavy (non-hydrogen) atoms. The van der Waals surface area contributed by atoms with Crippen molar-refractivity contribution in [2.24, 2.45) is 5.92 Å². The molecule has 1 aliphatic carbocycles. The van der Waals surface area contributed by atoms with Gasteiger partial charge in [0.25, 0.3) is 5.91 Å². The van der Waals surface area contributed by atoms with Gasteiger partial charge < -0.3 is 10.1 Å². The molecule has 0 saturated carbocycles. The Labute approximate surface area is 144 Å². The second kappa shape index (κ2) is 6.76. The highest BCUT2D eigenvalue weighted by molar-refractivity contribution is 7.17. The lowest BCUT2D eigenvalue weighted by molar-refractivity contribution is 0.0601. The summed E-state index contributed by atoms with van der Waals surface area (Å²) in [5.74, 6) is -0.0563. The lowest BCUT2D eigenvalue weighted by Gasteiger charge is -2.18. The number of ether oxygens (including phenoxy) is 1. The number of fused-ring (bicyclic) bond motifs is 1. The number of thiophene rings is 1. The number of esters is 1. The van der Waals surface area contributed by atoms with Gasteiger partial charge in [-0.25, -0.2) is 4.79 Å². The Morgan fingerprint density at radius 3 is 3.00 bits per heavy atom. The van der Waals surface area contributed by atoms with Gasteiger partial charge in [-0.05, 0) is 43.7 Å². The molecule has 6 nitrogen and oxygen atoms in total. The van der Waals surface area contributed by atoms with Crippen molar-refractivity contribution in [3.05, 3.63) is 34.0 Å². The van der Waals surface area contributed by atoms with Gasteiger partial charge in [-0.3, -0.25) is 9.48 Å². The van der Waals surface area contributed by atoms with E-state index in [0.29, 0.717) is 28.7 Å². The van der Waals surface area contributed by atoms with E-state index in [9.17, 15) is 9.59 Å². The van der Waals surface area contributed by atoms with E-state index in [1.807, 2.05) is 6.92 Å². The van der Waals surface area contributed by atoms with Gasteiger partial charge in [0.05, 0.1) is 12.7 Å². The van der Waals surface area contributed by atoms with Gasteiger partial charge >= 0.3 is 5.97 Å². The quantitative estimate of drug-likeness (QED) is 0.863. The second-order valence-corrected chi connectivity index (χ2v) is 7.14. The molecular weight excluding hydrogens is 326 g/mol. The molecule has 2 aromatic heterocycles. The lowest BCUT2D eigenvalue weighted by atomic mass is 9.88. The molecule has 2 heterocycles. The van der Waals surface area contributed by atoms with Gasteiger partial charge in [-0.15, -0.1) is 11.3 Å². The van der Waals surface area contributed by atoms with Crippen LogP contribution in [0.5, 0.6) is 0 Å². The average Bonchev–Trinajstić information content (AvgIpc) is 3.17. The molecule has 2 aromatic rings. The van der Waals surface area contributed by atoms with Crippen molar-refractivity contribution in [1.29, 1.82) is 0 Å². The van der Waals surface area contributed by atoms with Crippen molar-refractivity contribution in [1.82, 2.24) is 9.78 Å². The summed E-state index contributed by atoms with van der Waals surface area (Å²) >= 11 is 1.49. The van der Waals surface area contributed by atoms with Crippen molar-refractivity contribution in [3.8, 4) is 0 Å². The molecule has 0 bridgehead atoms. The first kappa shape index (κ1) is 16.7. The number of carbonyl (C=O) groups is 2. The van der Waals surface area contributed by atoms with Crippen LogP contribution in [0, 0.1) is 5.92 Å². The lowest BCUT2D eigenvalue weighted by Crippen LogP contribution is -2.19. The fraction of sp³-hybridized carbons (Fsp3) is 0.471. The van der Waals surface area contributed by atoms with E-state index < -0.39 is 0 Å². The van der Waals surface area contributed by atoms with Gasteiger partial charge in [0, 0.05) is 17.6 Å². The fourth-order valence-corrected chi connectivity index (χ4v) is 4.50. The zero-order chi connectivity index (χ0) is 17.3. The number of carbonyl (C=O) groups excluding carboxylic acids is 2. The molecule has 7 heteroatoms. The van der Waals surface area contributed by atoms with E-state index in [1.54, 1.807) is 16.9 Å².